The molecule has 0 aliphatic heterocycles. The molecule has 1 amide bonds. The van der Waals surface area contributed by atoms with Crippen LogP contribution in [0.2, 0.25) is 5.15 Å². The van der Waals surface area contributed by atoms with E-state index in [2.05, 4.69) is 31.1 Å². The molecule has 1 aromatic rings. The standard InChI is InChI=1S/C12H17ClN2O/c1-4-9(8(2)3)15-12(16)10-6-5-7-11(13)14-10/h5-9H,4H2,1-3H3,(H,15,16). The van der Waals surface area contributed by atoms with Crippen LogP contribution in [0.25, 0.3) is 0 Å². The van der Waals surface area contributed by atoms with E-state index in [1.54, 1.807) is 18.2 Å². The number of carbonyl (C=O) groups excluding carboxylic acids is 1. The molecule has 4 heteroatoms. The second-order valence-electron chi connectivity index (χ2n) is 4.08. The molecule has 1 heterocycles. The fourth-order valence-corrected chi connectivity index (χ4v) is 1.68. The molecule has 88 valence electrons. The summed E-state index contributed by atoms with van der Waals surface area (Å²) in [7, 11) is 0. The number of rotatable bonds is 4. The summed E-state index contributed by atoms with van der Waals surface area (Å²) in [5, 5.41) is 3.29. The molecule has 1 atom stereocenters. The van der Waals surface area contributed by atoms with Crippen molar-refractivity contribution < 1.29 is 4.79 Å². The van der Waals surface area contributed by atoms with E-state index in [1.807, 2.05) is 0 Å². The molecule has 0 aromatic carbocycles. The van der Waals surface area contributed by atoms with Gasteiger partial charge in [-0.25, -0.2) is 4.98 Å². The molecule has 0 radical (unpaired) electrons. The first-order valence-electron chi connectivity index (χ1n) is 5.48. The number of amides is 1. The molecule has 16 heavy (non-hydrogen) atoms. The number of halogens is 1. The fourth-order valence-electron chi connectivity index (χ4n) is 1.52. The van der Waals surface area contributed by atoms with Gasteiger partial charge in [-0.05, 0) is 24.5 Å². The summed E-state index contributed by atoms with van der Waals surface area (Å²) in [6.07, 6.45) is 0.907. The van der Waals surface area contributed by atoms with Crippen molar-refractivity contribution in [1.29, 1.82) is 0 Å². The van der Waals surface area contributed by atoms with Crippen molar-refractivity contribution in [3.05, 3.63) is 29.0 Å². The van der Waals surface area contributed by atoms with Gasteiger partial charge in [0.1, 0.15) is 10.8 Å². The number of pyridine rings is 1. The van der Waals surface area contributed by atoms with Crippen LogP contribution < -0.4 is 5.32 Å². The zero-order valence-electron chi connectivity index (χ0n) is 9.83. The van der Waals surface area contributed by atoms with Crippen LogP contribution in [0.5, 0.6) is 0 Å². The Morgan fingerprint density at radius 1 is 1.50 bits per heavy atom. The van der Waals surface area contributed by atoms with Crippen molar-refractivity contribution in [3.63, 3.8) is 0 Å². The predicted molar refractivity (Wildman–Crippen MR) is 65.6 cm³/mol. The number of nitrogens with one attached hydrogen (secondary N) is 1. The number of hydrogen-bond acceptors (Lipinski definition) is 2. The van der Waals surface area contributed by atoms with Crippen molar-refractivity contribution in [3.8, 4) is 0 Å². The summed E-state index contributed by atoms with van der Waals surface area (Å²) in [4.78, 5) is 15.8. The van der Waals surface area contributed by atoms with Crippen LogP contribution in [-0.2, 0) is 0 Å². The van der Waals surface area contributed by atoms with Gasteiger partial charge in [0.25, 0.3) is 5.91 Å². The molecule has 0 spiro atoms. The maximum absolute atomic E-state index is 11.8. The maximum atomic E-state index is 11.8. The number of carbonyl (C=O) groups is 1. The topological polar surface area (TPSA) is 42.0 Å². The maximum Gasteiger partial charge on any atom is 0.270 e. The van der Waals surface area contributed by atoms with Crippen molar-refractivity contribution in [2.24, 2.45) is 5.92 Å². The first-order valence-corrected chi connectivity index (χ1v) is 5.85. The summed E-state index contributed by atoms with van der Waals surface area (Å²) < 4.78 is 0. The minimum atomic E-state index is -0.164. The average molecular weight is 241 g/mol. The molecular formula is C12H17ClN2O. The van der Waals surface area contributed by atoms with E-state index in [0.717, 1.165) is 6.42 Å². The Hall–Kier alpha value is -1.09. The first kappa shape index (κ1) is 13.0. The van der Waals surface area contributed by atoms with Crippen molar-refractivity contribution in [1.82, 2.24) is 10.3 Å². The number of nitrogens with zero attached hydrogens (tertiary/aromatic N) is 1. The molecule has 3 nitrogen and oxygen atoms in total. The number of hydrogen-bond donors (Lipinski definition) is 1. The van der Waals surface area contributed by atoms with E-state index in [4.69, 9.17) is 11.6 Å². The third-order valence-electron chi connectivity index (χ3n) is 2.51. The van der Waals surface area contributed by atoms with E-state index < -0.39 is 0 Å². The van der Waals surface area contributed by atoms with Crippen LogP contribution in [-0.4, -0.2) is 16.9 Å². The van der Waals surface area contributed by atoms with Gasteiger partial charge in [-0.2, -0.15) is 0 Å². The average Bonchev–Trinajstić information content (AvgIpc) is 2.25. The quantitative estimate of drug-likeness (QED) is 0.823. The molecule has 0 aliphatic rings. The third-order valence-corrected chi connectivity index (χ3v) is 2.72. The molecule has 1 N–H and O–H groups in total. The lowest BCUT2D eigenvalue weighted by molar-refractivity contribution is 0.0919. The van der Waals surface area contributed by atoms with Gasteiger partial charge < -0.3 is 5.32 Å². The lowest BCUT2D eigenvalue weighted by Crippen LogP contribution is -2.38. The normalized spacial score (nSPS) is 12.6. The van der Waals surface area contributed by atoms with E-state index >= 15 is 0 Å². The highest BCUT2D eigenvalue weighted by Gasteiger charge is 2.15. The second kappa shape index (κ2) is 5.85. The highest BCUT2D eigenvalue weighted by atomic mass is 35.5. The molecular weight excluding hydrogens is 224 g/mol. The molecule has 0 aliphatic carbocycles. The fraction of sp³-hybridized carbons (Fsp3) is 0.500. The van der Waals surface area contributed by atoms with Gasteiger partial charge in [0.15, 0.2) is 0 Å². The van der Waals surface area contributed by atoms with Crippen LogP contribution in [0.4, 0.5) is 0 Å². The van der Waals surface area contributed by atoms with Gasteiger partial charge in [-0.1, -0.05) is 38.4 Å². The summed E-state index contributed by atoms with van der Waals surface area (Å²) in [5.74, 6) is 0.246. The highest BCUT2D eigenvalue weighted by molar-refractivity contribution is 6.29. The molecule has 0 bridgehead atoms. The Morgan fingerprint density at radius 3 is 2.69 bits per heavy atom. The minimum absolute atomic E-state index is 0.164. The molecule has 1 aromatic heterocycles. The van der Waals surface area contributed by atoms with E-state index in [-0.39, 0.29) is 11.9 Å². The van der Waals surface area contributed by atoms with Crippen molar-refractivity contribution >= 4 is 17.5 Å². The monoisotopic (exact) mass is 240 g/mol. The molecule has 0 fully saturated rings. The Kier molecular flexibility index (Phi) is 4.74. The molecule has 0 saturated carbocycles. The minimum Gasteiger partial charge on any atom is -0.348 e. The Balaban J connectivity index is 2.72. The Morgan fingerprint density at radius 2 is 2.19 bits per heavy atom. The SMILES string of the molecule is CCC(NC(=O)c1cccc(Cl)n1)C(C)C. The number of aromatic nitrogens is 1. The summed E-state index contributed by atoms with van der Waals surface area (Å²) in [6, 6.07) is 5.21. The Bertz CT molecular complexity index is 366. The van der Waals surface area contributed by atoms with Gasteiger partial charge in [-0.3, -0.25) is 4.79 Å². The van der Waals surface area contributed by atoms with Crippen LogP contribution in [0, 0.1) is 5.92 Å². The summed E-state index contributed by atoms with van der Waals surface area (Å²) in [6.45, 7) is 6.22. The lowest BCUT2D eigenvalue weighted by Gasteiger charge is -2.20. The van der Waals surface area contributed by atoms with E-state index in [9.17, 15) is 4.79 Å². The summed E-state index contributed by atoms with van der Waals surface area (Å²) >= 11 is 5.73. The second-order valence-corrected chi connectivity index (χ2v) is 4.47. The first-order chi connectivity index (χ1) is 7.54. The molecule has 0 saturated heterocycles. The van der Waals surface area contributed by atoms with E-state index in [1.165, 1.54) is 0 Å². The molecule has 1 unspecified atom stereocenters. The third kappa shape index (κ3) is 3.49. The highest BCUT2D eigenvalue weighted by Crippen LogP contribution is 2.08. The molecule has 1 rings (SSSR count). The van der Waals surface area contributed by atoms with Crippen LogP contribution in [0.3, 0.4) is 0 Å². The van der Waals surface area contributed by atoms with Crippen LogP contribution in [0.15, 0.2) is 18.2 Å². The van der Waals surface area contributed by atoms with E-state index in [0.29, 0.717) is 16.8 Å². The van der Waals surface area contributed by atoms with Crippen molar-refractivity contribution in [2.75, 3.05) is 0 Å². The zero-order valence-corrected chi connectivity index (χ0v) is 10.6. The van der Waals surface area contributed by atoms with Gasteiger partial charge in [0.05, 0.1) is 0 Å². The zero-order chi connectivity index (χ0) is 12.1. The summed E-state index contributed by atoms with van der Waals surface area (Å²) in [5.41, 5.74) is 0.367. The van der Waals surface area contributed by atoms with Crippen LogP contribution >= 0.6 is 11.6 Å². The van der Waals surface area contributed by atoms with Gasteiger partial charge in [0, 0.05) is 6.04 Å². The van der Waals surface area contributed by atoms with Crippen LogP contribution in [0.1, 0.15) is 37.7 Å². The largest absolute Gasteiger partial charge is 0.348 e. The predicted octanol–water partition coefficient (Wildman–Crippen LogP) is 2.90. The van der Waals surface area contributed by atoms with Gasteiger partial charge in [-0.15, -0.1) is 0 Å². The lowest BCUT2D eigenvalue weighted by atomic mass is 10.0. The van der Waals surface area contributed by atoms with Gasteiger partial charge in [0.2, 0.25) is 0 Å². The van der Waals surface area contributed by atoms with Crippen molar-refractivity contribution in [2.45, 2.75) is 33.2 Å². The smallest absolute Gasteiger partial charge is 0.270 e. The van der Waals surface area contributed by atoms with Gasteiger partial charge >= 0.3 is 0 Å². The Labute approximate surface area is 101 Å².